The standard InChI is InChI=1S/C12H11F3N2S2/c13-12(14,15)19-10-3-1-9(2-4-10)5-16-6-11-7-17-8-18-11/h1-4,7-8,16H,5-6H2. The van der Waals surface area contributed by atoms with Gasteiger partial charge in [-0.2, -0.15) is 13.2 Å². The summed E-state index contributed by atoms with van der Waals surface area (Å²) in [5, 5.41) is 3.21. The minimum Gasteiger partial charge on any atom is -0.308 e. The number of thiazole rings is 1. The van der Waals surface area contributed by atoms with Crippen molar-refractivity contribution in [3.63, 3.8) is 0 Å². The van der Waals surface area contributed by atoms with Gasteiger partial charge in [0.1, 0.15) is 0 Å². The van der Waals surface area contributed by atoms with Crippen molar-refractivity contribution in [1.82, 2.24) is 10.3 Å². The first-order valence-corrected chi connectivity index (χ1v) is 7.15. The number of benzene rings is 1. The van der Waals surface area contributed by atoms with E-state index in [1.807, 2.05) is 0 Å². The number of hydrogen-bond acceptors (Lipinski definition) is 4. The first-order chi connectivity index (χ1) is 9.03. The van der Waals surface area contributed by atoms with E-state index < -0.39 is 5.51 Å². The average molecular weight is 304 g/mol. The van der Waals surface area contributed by atoms with E-state index >= 15 is 0 Å². The maximum absolute atomic E-state index is 12.1. The SMILES string of the molecule is FC(F)(F)Sc1ccc(CNCc2cncs2)cc1. The predicted molar refractivity (Wildman–Crippen MR) is 71.0 cm³/mol. The van der Waals surface area contributed by atoms with Gasteiger partial charge in [0, 0.05) is 29.1 Å². The molecule has 0 fully saturated rings. The van der Waals surface area contributed by atoms with Gasteiger partial charge in [-0.25, -0.2) is 0 Å². The molecule has 0 saturated carbocycles. The van der Waals surface area contributed by atoms with Crippen LogP contribution in [0.15, 0.2) is 40.9 Å². The largest absolute Gasteiger partial charge is 0.446 e. The van der Waals surface area contributed by atoms with Crippen LogP contribution in [0.25, 0.3) is 0 Å². The lowest BCUT2D eigenvalue weighted by Crippen LogP contribution is -2.11. The molecule has 0 aliphatic carbocycles. The second-order valence-corrected chi connectivity index (χ2v) is 5.87. The number of hydrogen-bond donors (Lipinski definition) is 1. The summed E-state index contributed by atoms with van der Waals surface area (Å²) in [4.78, 5) is 5.30. The second kappa shape index (κ2) is 6.40. The Morgan fingerprint density at radius 2 is 1.89 bits per heavy atom. The van der Waals surface area contributed by atoms with Crippen LogP contribution in [0, 0.1) is 0 Å². The lowest BCUT2D eigenvalue weighted by atomic mass is 10.2. The van der Waals surface area contributed by atoms with Gasteiger partial charge in [-0.3, -0.25) is 4.98 Å². The van der Waals surface area contributed by atoms with E-state index in [4.69, 9.17) is 0 Å². The number of halogens is 3. The molecule has 0 spiro atoms. The van der Waals surface area contributed by atoms with Crippen molar-refractivity contribution in [2.75, 3.05) is 0 Å². The van der Waals surface area contributed by atoms with Gasteiger partial charge in [0.15, 0.2) is 0 Å². The molecule has 102 valence electrons. The van der Waals surface area contributed by atoms with E-state index in [9.17, 15) is 13.2 Å². The summed E-state index contributed by atoms with van der Waals surface area (Å²) in [7, 11) is 0. The number of thioether (sulfide) groups is 1. The highest BCUT2D eigenvalue weighted by molar-refractivity contribution is 8.00. The third kappa shape index (κ3) is 5.22. The van der Waals surface area contributed by atoms with Crippen molar-refractivity contribution in [3.8, 4) is 0 Å². The van der Waals surface area contributed by atoms with E-state index in [2.05, 4.69) is 10.3 Å². The maximum Gasteiger partial charge on any atom is 0.446 e. The molecule has 1 aromatic carbocycles. The maximum atomic E-state index is 12.1. The van der Waals surface area contributed by atoms with Crippen LogP contribution in [-0.2, 0) is 13.1 Å². The summed E-state index contributed by atoms with van der Waals surface area (Å²) in [6.45, 7) is 1.33. The first-order valence-electron chi connectivity index (χ1n) is 5.46. The number of rotatable bonds is 5. The zero-order valence-corrected chi connectivity index (χ0v) is 11.4. The first kappa shape index (κ1) is 14.4. The third-order valence-corrected chi connectivity index (χ3v) is 3.79. The van der Waals surface area contributed by atoms with Crippen molar-refractivity contribution in [3.05, 3.63) is 46.4 Å². The van der Waals surface area contributed by atoms with Crippen LogP contribution < -0.4 is 5.32 Å². The van der Waals surface area contributed by atoms with Gasteiger partial charge in [-0.15, -0.1) is 11.3 Å². The fraction of sp³-hybridized carbons (Fsp3) is 0.250. The fourth-order valence-electron chi connectivity index (χ4n) is 1.47. The Labute approximate surface area is 117 Å². The number of nitrogens with one attached hydrogen (secondary N) is 1. The summed E-state index contributed by atoms with van der Waals surface area (Å²) in [5.41, 5.74) is -1.51. The highest BCUT2D eigenvalue weighted by Crippen LogP contribution is 2.36. The molecule has 0 saturated heterocycles. The zero-order chi connectivity index (χ0) is 13.7. The molecule has 0 aliphatic heterocycles. The van der Waals surface area contributed by atoms with Gasteiger partial charge in [0.05, 0.1) is 5.51 Å². The molecule has 19 heavy (non-hydrogen) atoms. The lowest BCUT2D eigenvalue weighted by Gasteiger charge is -2.07. The van der Waals surface area contributed by atoms with E-state index in [-0.39, 0.29) is 16.7 Å². The van der Waals surface area contributed by atoms with E-state index in [0.29, 0.717) is 13.1 Å². The molecule has 1 aromatic heterocycles. The molecule has 1 N–H and O–H groups in total. The highest BCUT2D eigenvalue weighted by atomic mass is 32.2. The van der Waals surface area contributed by atoms with E-state index in [1.165, 1.54) is 12.1 Å². The quantitative estimate of drug-likeness (QED) is 0.844. The summed E-state index contributed by atoms with van der Waals surface area (Å²) >= 11 is 1.47. The van der Waals surface area contributed by atoms with Crippen LogP contribution in [0.4, 0.5) is 13.2 Å². The van der Waals surface area contributed by atoms with Gasteiger partial charge in [-0.1, -0.05) is 12.1 Å². The molecule has 2 nitrogen and oxygen atoms in total. The Morgan fingerprint density at radius 3 is 2.47 bits per heavy atom. The van der Waals surface area contributed by atoms with Crippen molar-refractivity contribution < 1.29 is 13.2 Å². The molecule has 0 bridgehead atoms. The fourth-order valence-corrected chi connectivity index (χ4v) is 2.57. The molecule has 2 aromatic rings. The van der Waals surface area contributed by atoms with Gasteiger partial charge < -0.3 is 5.32 Å². The van der Waals surface area contributed by atoms with Crippen LogP contribution in [0.2, 0.25) is 0 Å². The topological polar surface area (TPSA) is 24.9 Å². The minimum atomic E-state index is -4.23. The molecule has 0 amide bonds. The molecule has 0 atom stereocenters. The van der Waals surface area contributed by atoms with Gasteiger partial charge in [0.2, 0.25) is 0 Å². The molecule has 0 radical (unpaired) electrons. The summed E-state index contributed by atoms with van der Waals surface area (Å²) in [5.74, 6) is 0. The van der Waals surface area contributed by atoms with E-state index in [0.717, 1.165) is 10.4 Å². The van der Waals surface area contributed by atoms with Crippen molar-refractivity contribution in [1.29, 1.82) is 0 Å². The Bertz CT molecular complexity index is 495. The van der Waals surface area contributed by atoms with Gasteiger partial charge in [-0.05, 0) is 29.5 Å². The number of aromatic nitrogens is 1. The normalized spacial score (nSPS) is 11.7. The minimum absolute atomic E-state index is 0.0957. The van der Waals surface area contributed by atoms with Crippen molar-refractivity contribution >= 4 is 23.1 Å². The zero-order valence-electron chi connectivity index (χ0n) is 9.78. The molecule has 0 unspecified atom stereocenters. The summed E-state index contributed by atoms with van der Waals surface area (Å²) < 4.78 is 36.4. The molecule has 0 aliphatic rings. The molecular formula is C12H11F3N2S2. The Morgan fingerprint density at radius 1 is 1.16 bits per heavy atom. The van der Waals surface area contributed by atoms with Crippen molar-refractivity contribution in [2.45, 2.75) is 23.5 Å². The third-order valence-electron chi connectivity index (χ3n) is 2.27. The molecule has 2 rings (SSSR count). The van der Waals surface area contributed by atoms with Gasteiger partial charge in [0.25, 0.3) is 0 Å². The number of nitrogens with zero attached hydrogens (tertiary/aromatic N) is 1. The molecule has 1 heterocycles. The average Bonchev–Trinajstić information content (AvgIpc) is 2.82. The summed E-state index contributed by atoms with van der Waals surface area (Å²) in [6.07, 6.45) is 1.79. The smallest absolute Gasteiger partial charge is 0.308 e. The molecule has 7 heteroatoms. The van der Waals surface area contributed by atoms with E-state index in [1.54, 1.807) is 35.2 Å². The molecular weight excluding hydrogens is 293 g/mol. The van der Waals surface area contributed by atoms with Crippen LogP contribution in [0.5, 0.6) is 0 Å². The summed E-state index contributed by atoms with van der Waals surface area (Å²) in [6, 6.07) is 6.38. The van der Waals surface area contributed by atoms with Crippen LogP contribution in [0.3, 0.4) is 0 Å². The van der Waals surface area contributed by atoms with Crippen molar-refractivity contribution in [2.24, 2.45) is 0 Å². The lowest BCUT2D eigenvalue weighted by molar-refractivity contribution is -0.0328. The predicted octanol–water partition coefficient (Wildman–Crippen LogP) is 4.04. The van der Waals surface area contributed by atoms with Crippen LogP contribution >= 0.6 is 23.1 Å². The Kier molecular flexibility index (Phi) is 4.84. The Balaban J connectivity index is 1.81. The monoisotopic (exact) mass is 304 g/mol. The van der Waals surface area contributed by atoms with Crippen LogP contribution in [0.1, 0.15) is 10.4 Å². The second-order valence-electron chi connectivity index (χ2n) is 3.76. The highest BCUT2D eigenvalue weighted by Gasteiger charge is 2.28. The van der Waals surface area contributed by atoms with Crippen LogP contribution in [-0.4, -0.2) is 10.5 Å². The Hall–Kier alpha value is -1.05. The van der Waals surface area contributed by atoms with Gasteiger partial charge >= 0.3 is 5.51 Å². The number of alkyl halides is 3.